The SMILES string of the molecule is CCCNC1CCC(CC)CC1N1CCCC(C)C1. The van der Waals surface area contributed by atoms with Crippen molar-refractivity contribution in [2.45, 2.75) is 77.8 Å². The summed E-state index contributed by atoms with van der Waals surface area (Å²) in [5, 5.41) is 3.84. The molecule has 0 bridgehead atoms. The smallest absolute Gasteiger partial charge is 0.0252 e. The minimum absolute atomic E-state index is 0.757. The third-order valence-corrected chi connectivity index (χ3v) is 5.32. The first kappa shape index (κ1) is 15.3. The highest BCUT2D eigenvalue weighted by Gasteiger charge is 2.34. The third-order valence-electron chi connectivity index (χ3n) is 5.32. The van der Waals surface area contributed by atoms with Gasteiger partial charge in [0, 0.05) is 18.6 Å². The maximum atomic E-state index is 3.84. The van der Waals surface area contributed by atoms with Crippen molar-refractivity contribution in [3.8, 4) is 0 Å². The molecule has 1 heterocycles. The van der Waals surface area contributed by atoms with Crippen molar-refractivity contribution < 1.29 is 0 Å². The highest BCUT2D eigenvalue weighted by atomic mass is 15.2. The van der Waals surface area contributed by atoms with E-state index in [-0.39, 0.29) is 0 Å². The molecule has 2 aliphatic rings. The standard InChI is InChI=1S/C17H34N2/c1-4-10-18-16-9-8-15(5-2)12-17(16)19-11-6-7-14(3)13-19/h14-18H,4-13H2,1-3H3. The maximum Gasteiger partial charge on any atom is 0.0252 e. The van der Waals surface area contributed by atoms with Gasteiger partial charge in [0.1, 0.15) is 0 Å². The van der Waals surface area contributed by atoms with Gasteiger partial charge >= 0.3 is 0 Å². The summed E-state index contributed by atoms with van der Waals surface area (Å²) < 4.78 is 0. The van der Waals surface area contributed by atoms with Gasteiger partial charge in [0.05, 0.1) is 0 Å². The van der Waals surface area contributed by atoms with E-state index in [9.17, 15) is 0 Å². The zero-order valence-electron chi connectivity index (χ0n) is 13.3. The van der Waals surface area contributed by atoms with Gasteiger partial charge in [-0.3, -0.25) is 4.90 Å². The Hall–Kier alpha value is -0.0800. The Bertz CT molecular complexity index is 254. The van der Waals surface area contributed by atoms with Crippen molar-refractivity contribution in [1.82, 2.24) is 10.2 Å². The van der Waals surface area contributed by atoms with Crippen molar-refractivity contribution in [2.24, 2.45) is 11.8 Å². The molecule has 19 heavy (non-hydrogen) atoms. The molecule has 1 saturated heterocycles. The largest absolute Gasteiger partial charge is 0.312 e. The summed E-state index contributed by atoms with van der Waals surface area (Å²) in [4.78, 5) is 2.82. The lowest BCUT2D eigenvalue weighted by atomic mass is 9.79. The van der Waals surface area contributed by atoms with Crippen LogP contribution in [-0.4, -0.2) is 36.6 Å². The van der Waals surface area contributed by atoms with E-state index in [2.05, 4.69) is 31.0 Å². The van der Waals surface area contributed by atoms with Gasteiger partial charge in [-0.2, -0.15) is 0 Å². The highest BCUT2D eigenvalue weighted by molar-refractivity contribution is 4.92. The van der Waals surface area contributed by atoms with E-state index < -0.39 is 0 Å². The molecule has 4 unspecified atom stereocenters. The molecule has 2 rings (SSSR count). The van der Waals surface area contributed by atoms with Crippen LogP contribution in [0.2, 0.25) is 0 Å². The molecule has 0 aromatic heterocycles. The van der Waals surface area contributed by atoms with E-state index >= 15 is 0 Å². The van der Waals surface area contributed by atoms with Crippen LogP contribution in [0.15, 0.2) is 0 Å². The fourth-order valence-electron chi connectivity index (χ4n) is 4.10. The molecule has 2 heteroatoms. The Morgan fingerprint density at radius 2 is 2.00 bits per heavy atom. The summed E-state index contributed by atoms with van der Waals surface area (Å²) in [6, 6.07) is 1.57. The monoisotopic (exact) mass is 266 g/mol. The molecule has 1 saturated carbocycles. The van der Waals surface area contributed by atoms with Crippen LogP contribution < -0.4 is 5.32 Å². The van der Waals surface area contributed by atoms with Crippen LogP contribution in [-0.2, 0) is 0 Å². The normalized spacial score (nSPS) is 37.4. The lowest BCUT2D eigenvalue weighted by Gasteiger charge is -2.45. The van der Waals surface area contributed by atoms with Crippen LogP contribution in [0.1, 0.15) is 65.7 Å². The van der Waals surface area contributed by atoms with Crippen LogP contribution in [0.3, 0.4) is 0 Å². The Labute approximate surface area is 120 Å². The number of hydrogen-bond donors (Lipinski definition) is 1. The molecule has 2 fully saturated rings. The van der Waals surface area contributed by atoms with Gasteiger partial charge in [-0.05, 0) is 63.5 Å². The molecular weight excluding hydrogens is 232 g/mol. The van der Waals surface area contributed by atoms with Gasteiger partial charge in [0.25, 0.3) is 0 Å². The maximum absolute atomic E-state index is 3.84. The number of likely N-dealkylation sites (tertiary alicyclic amines) is 1. The molecule has 0 amide bonds. The van der Waals surface area contributed by atoms with E-state index in [0.29, 0.717) is 0 Å². The Kier molecular flexibility index (Phi) is 6.15. The molecule has 112 valence electrons. The van der Waals surface area contributed by atoms with Crippen LogP contribution in [0, 0.1) is 11.8 Å². The fraction of sp³-hybridized carbons (Fsp3) is 1.00. The molecule has 1 aliphatic heterocycles. The quantitative estimate of drug-likeness (QED) is 0.817. The molecule has 1 N–H and O–H groups in total. The van der Waals surface area contributed by atoms with Gasteiger partial charge in [-0.15, -0.1) is 0 Å². The Morgan fingerprint density at radius 3 is 2.68 bits per heavy atom. The van der Waals surface area contributed by atoms with Crippen molar-refractivity contribution in [1.29, 1.82) is 0 Å². The molecule has 2 nitrogen and oxygen atoms in total. The summed E-state index contributed by atoms with van der Waals surface area (Å²) in [5.74, 6) is 1.88. The summed E-state index contributed by atoms with van der Waals surface area (Å²) in [5.41, 5.74) is 0. The molecule has 0 spiro atoms. The number of rotatable bonds is 5. The van der Waals surface area contributed by atoms with Crippen molar-refractivity contribution in [2.75, 3.05) is 19.6 Å². The van der Waals surface area contributed by atoms with E-state index in [1.807, 2.05) is 0 Å². The summed E-state index contributed by atoms with van der Waals surface area (Å²) in [7, 11) is 0. The average Bonchev–Trinajstić information content (AvgIpc) is 2.45. The van der Waals surface area contributed by atoms with Crippen LogP contribution in [0.25, 0.3) is 0 Å². The second-order valence-corrected chi connectivity index (χ2v) is 6.96. The first-order valence-electron chi connectivity index (χ1n) is 8.72. The van der Waals surface area contributed by atoms with Crippen molar-refractivity contribution in [3.63, 3.8) is 0 Å². The molecule has 1 aliphatic carbocycles. The molecule has 0 radical (unpaired) electrons. The number of nitrogens with one attached hydrogen (secondary N) is 1. The van der Waals surface area contributed by atoms with Gasteiger partial charge < -0.3 is 5.32 Å². The second-order valence-electron chi connectivity index (χ2n) is 6.96. The zero-order chi connectivity index (χ0) is 13.7. The summed E-state index contributed by atoms with van der Waals surface area (Å²) >= 11 is 0. The molecule has 0 aromatic carbocycles. The van der Waals surface area contributed by atoms with Crippen molar-refractivity contribution in [3.05, 3.63) is 0 Å². The predicted molar refractivity (Wildman–Crippen MR) is 83.5 cm³/mol. The lowest BCUT2D eigenvalue weighted by Crippen LogP contribution is -2.55. The second kappa shape index (κ2) is 7.64. The third kappa shape index (κ3) is 4.19. The van der Waals surface area contributed by atoms with E-state index in [0.717, 1.165) is 23.9 Å². The summed E-state index contributed by atoms with van der Waals surface area (Å²) in [6.45, 7) is 11.0. The average molecular weight is 266 g/mol. The molecule has 4 atom stereocenters. The van der Waals surface area contributed by atoms with Gasteiger partial charge in [0.2, 0.25) is 0 Å². The Morgan fingerprint density at radius 1 is 1.16 bits per heavy atom. The lowest BCUT2D eigenvalue weighted by molar-refractivity contribution is 0.0616. The molecular formula is C17H34N2. The molecule has 0 aromatic rings. The van der Waals surface area contributed by atoms with Gasteiger partial charge in [-0.1, -0.05) is 27.2 Å². The highest BCUT2D eigenvalue weighted by Crippen LogP contribution is 2.32. The number of piperidine rings is 1. The number of nitrogens with zero attached hydrogens (tertiary/aromatic N) is 1. The van der Waals surface area contributed by atoms with E-state index in [1.165, 1.54) is 64.6 Å². The Balaban J connectivity index is 1.97. The topological polar surface area (TPSA) is 15.3 Å². The predicted octanol–water partition coefficient (Wildman–Crippen LogP) is 3.67. The van der Waals surface area contributed by atoms with Crippen LogP contribution in [0.4, 0.5) is 0 Å². The first-order chi connectivity index (χ1) is 9.24. The number of hydrogen-bond acceptors (Lipinski definition) is 2. The van der Waals surface area contributed by atoms with Crippen LogP contribution in [0.5, 0.6) is 0 Å². The minimum Gasteiger partial charge on any atom is -0.312 e. The van der Waals surface area contributed by atoms with Crippen molar-refractivity contribution >= 4 is 0 Å². The minimum atomic E-state index is 0.757. The fourth-order valence-corrected chi connectivity index (χ4v) is 4.10. The van der Waals surface area contributed by atoms with Crippen LogP contribution >= 0.6 is 0 Å². The first-order valence-corrected chi connectivity index (χ1v) is 8.72. The van der Waals surface area contributed by atoms with Gasteiger partial charge in [0.15, 0.2) is 0 Å². The zero-order valence-corrected chi connectivity index (χ0v) is 13.3. The summed E-state index contributed by atoms with van der Waals surface area (Å²) in [6.07, 6.45) is 9.76. The van der Waals surface area contributed by atoms with E-state index in [1.54, 1.807) is 0 Å². The van der Waals surface area contributed by atoms with E-state index in [4.69, 9.17) is 0 Å². The van der Waals surface area contributed by atoms with Gasteiger partial charge in [-0.25, -0.2) is 0 Å².